The van der Waals surface area contributed by atoms with Crippen molar-refractivity contribution in [2.24, 2.45) is 0 Å². The summed E-state index contributed by atoms with van der Waals surface area (Å²) >= 11 is 0. The van der Waals surface area contributed by atoms with Crippen molar-refractivity contribution in [1.82, 2.24) is 0 Å². The van der Waals surface area contributed by atoms with Gasteiger partial charge >= 0.3 is 0 Å². The molecule has 1 heterocycles. The average molecular weight is 332 g/mol. The highest BCUT2D eigenvalue weighted by Gasteiger charge is 2.38. The summed E-state index contributed by atoms with van der Waals surface area (Å²) in [6.45, 7) is -0.281. The van der Waals surface area contributed by atoms with Crippen molar-refractivity contribution >= 4 is 0 Å². The van der Waals surface area contributed by atoms with Gasteiger partial charge in [-0.2, -0.15) is 0 Å². The second-order valence-electron chi connectivity index (χ2n) is 5.70. The van der Waals surface area contributed by atoms with Gasteiger partial charge in [-0.25, -0.2) is 0 Å². The molecular weight excluding hydrogens is 312 g/mol. The SMILES string of the molecule is OCC=CC1=CC2OC(CO)C(c3ccc(O)c(O)c3)OC2C=C1. The number of aromatic hydroxyl groups is 2. The minimum absolute atomic E-state index is 0.0394. The number of phenols is 2. The van der Waals surface area contributed by atoms with E-state index in [1.807, 2.05) is 18.2 Å². The second kappa shape index (κ2) is 7.19. The number of fused-ring (bicyclic) bond motifs is 1. The number of rotatable bonds is 4. The fourth-order valence-electron chi connectivity index (χ4n) is 2.87. The summed E-state index contributed by atoms with van der Waals surface area (Å²) in [4.78, 5) is 0. The molecule has 1 aliphatic carbocycles. The van der Waals surface area contributed by atoms with Crippen molar-refractivity contribution in [3.05, 3.63) is 59.7 Å². The molecule has 1 saturated heterocycles. The number of ether oxygens (including phenoxy) is 2. The van der Waals surface area contributed by atoms with E-state index in [0.29, 0.717) is 5.56 Å². The van der Waals surface area contributed by atoms with Crippen LogP contribution in [0.1, 0.15) is 11.7 Å². The first-order valence-corrected chi connectivity index (χ1v) is 7.73. The number of hydrogen-bond donors (Lipinski definition) is 4. The third kappa shape index (κ3) is 3.37. The van der Waals surface area contributed by atoms with Crippen molar-refractivity contribution in [3.63, 3.8) is 0 Å². The number of benzene rings is 1. The van der Waals surface area contributed by atoms with Crippen LogP contribution in [0, 0.1) is 0 Å². The Morgan fingerprint density at radius 2 is 1.88 bits per heavy atom. The molecule has 4 N–H and O–H groups in total. The molecule has 0 bridgehead atoms. The van der Waals surface area contributed by atoms with Gasteiger partial charge in [0.05, 0.1) is 13.2 Å². The van der Waals surface area contributed by atoms with E-state index >= 15 is 0 Å². The zero-order valence-corrected chi connectivity index (χ0v) is 12.9. The smallest absolute Gasteiger partial charge is 0.157 e. The third-order valence-electron chi connectivity index (χ3n) is 4.06. The Kier molecular flexibility index (Phi) is 5.01. The lowest BCUT2D eigenvalue weighted by molar-refractivity contribution is -0.204. The molecule has 6 nitrogen and oxygen atoms in total. The van der Waals surface area contributed by atoms with Crippen LogP contribution in [0.4, 0.5) is 0 Å². The Labute approximate surface area is 139 Å². The largest absolute Gasteiger partial charge is 0.504 e. The van der Waals surface area contributed by atoms with E-state index < -0.39 is 12.2 Å². The first-order valence-electron chi connectivity index (χ1n) is 7.73. The van der Waals surface area contributed by atoms with Gasteiger partial charge in [0.2, 0.25) is 0 Å². The fourth-order valence-corrected chi connectivity index (χ4v) is 2.87. The van der Waals surface area contributed by atoms with Gasteiger partial charge in [0.25, 0.3) is 0 Å². The van der Waals surface area contributed by atoms with Gasteiger partial charge < -0.3 is 29.9 Å². The van der Waals surface area contributed by atoms with Gasteiger partial charge in [0.1, 0.15) is 24.4 Å². The first-order chi connectivity index (χ1) is 11.6. The van der Waals surface area contributed by atoms with Gasteiger partial charge in [0, 0.05) is 0 Å². The van der Waals surface area contributed by atoms with Crippen molar-refractivity contribution in [3.8, 4) is 11.5 Å². The Balaban J connectivity index is 1.81. The average Bonchev–Trinajstić information content (AvgIpc) is 2.61. The van der Waals surface area contributed by atoms with Crippen LogP contribution < -0.4 is 0 Å². The van der Waals surface area contributed by atoms with E-state index in [1.54, 1.807) is 18.2 Å². The van der Waals surface area contributed by atoms with Crippen LogP contribution in [0.5, 0.6) is 11.5 Å². The van der Waals surface area contributed by atoms with Crippen LogP contribution in [-0.2, 0) is 9.47 Å². The molecule has 128 valence electrons. The van der Waals surface area contributed by atoms with Crippen LogP contribution in [0.3, 0.4) is 0 Å². The quantitative estimate of drug-likeness (QED) is 0.621. The summed E-state index contributed by atoms with van der Waals surface area (Å²) in [6.07, 6.45) is 7.22. The predicted molar refractivity (Wildman–Crippen MR) is 86.6 cm³/mol. The van der Waals surface area contributed by atoms with Gasteiger partial charge in [0.15, 0.2) is 11.5 Å². The monoisotopic (exact) mass is 332 g/mol. The highest BCUT2D eigenvalue weighted by atomic mass is 16.6. The lowest BCUT2D eigenvalue weighted by Crippen LogP contribution is -2.46. The fraction of sp³-hybridized carbons (Fsp3) is 0.333. The zero-order valence-electron chi connectivity index (χ0n) is 12.9. The molecule has 3 rings (SSSR count). The van der Waals surface area contributed by atoms with Gasteiger partial charge in [-0.15, -0.1) is 0 Å². The summed E-state index contributed by atoms with van der Waals surface area (Å²) in [5, 5.41) is 37.6. The van der Waals surface area contributed by atoms with Gasteiger partial charge in [-0.05, 0) is 29.3 Å². The number of aliphatic hydroxyl groups excluding tert-OH is 2. The topological polar surface area (TPSA) is 99.4 Å². The summed E-state index contributed by atoms with van der Waals surface area (Å²) in [5.74, 6) is -0.458. The number of allylic oxidation sites excluding steroid dienone is 3. The number of aliphatic hydroxyl groups is 2. The Morgan fingerprint density at radius 3 is 2.58 bits per heavy atom. The van der Waals surface area contributed by atoms with Crippen LogP contribution >= 0.6 is 0 Å². The third-order valence-corrected chi connectivity index (χ3v) is 4.06. The maximum atomic E-state index is 9.68. The van der Waals surface area contributed by atoms with E-state index in [1.165, 1.54) is 12.1 Å². The Hall–Kier alpha value is -2.12. The molecule has 24 heavy (non-hydrogen) atoms. The lowest BCUT2D eigenvalue weighted by atomic mass is 9.96. The van der Waals surface area contributed by atoms with Crippen LogP contribution in [-0.4, -0.2) is 52.0 Å². The van der Waals surface area contributed by atoms with E-state index in [2.05, 4.69) is 0 Å². The molecule has 4 unspecified atom stereocenters. The normalized spacial score (nSPS) is 29.5. The van der Waals surface area contributed by atoms with Gasteiger partial charge in [-0.1, -0.05) is 30.4 Å². The highest BCUT2D eigenvalue weighted by molar-refractivity contribution is 5.42. The summed E-state index contributed by atoms with van der Waals surface area (Å²) < 4.78 is 12.0. The molecule has 1 aromatic rings. The molecule has 0 saturated carbocycles. The molecule has 0 aromatic heterocycles. The second-order valence-corrected chi connectivity index (χ2v) is 5.70. The molecule has 1 aromatic carbocycles. The molecule has 0 radical (unpaired) electrons. The molecular formula is C18H20O6. The van der Waals surface area contributed by atoms with E-state index in [0.717, 1.165) is 5.57 Å². The van der Waals surface area contributed by atoms with Crippen LogP contribution in [0.2, 0.25) is 0 Å². The summed E-state index contributed by atoms with van der Waals surface area (Å²) in [5.41, 5.74) is 1.51. The van der Waals surface area contributed by atoms with Crippen LogP contribution in [0.15, 0.2) is 54.2 Å². The zero-order chi connectivity index (χ0) is 17.1. The maximum absolute atomic E-state index is 9.68. The van der Waals surface area contributed by atoms with Crippen LogP contribution in [0.25, 0.3) is 0 Å². The predicted octanol–water partition coefficient (Wildman–Crippen LogP) is 1.33. The molecule has 2 aliphatic rings. The van der Waals surface area contributed by atoms with Gasteiger partial charge in [-0.3, -0.25) is 0 Å². The van der Waals surface area contributed by atoms with Crippen molar-refractivity contribution < 1.29 is 29.9 Å². The van der Waals surface area contributed by atoms with E-state index in [9.17, 15) is 15.3 Å². The van der Waals surface area contributed by atoms with Crippen molar-refractivity contribution in [1.29, 1.82) is 0 Å². The minimum Gasteiger partial charge on any atom is -0.504 e. The van der Waals surface area contributed by atoms with E-state index in [4.69, 9.17) is 14.6 Å². The standard InChI is InChI=1S/C18H20O6/c19-7-1-2-11-3-6-15-16(8-11)23-17(10-20)18(24-15)12-4-5-13(21)14(22)9-12/h1-6,8-9,15-22H,7,10H2. The molecule has 1 fully saturated rings. The molecule has 1 aliphatic heterocycles. The van der Waals surface area contributed by atoms with Crippen molar-refractivity contribution in [2.45, 2.75) is 24.4 Å². The molecule has 0 amide bonds. The first kappa shape index (κ1) is 16.7. The molecule has 6 heteroatoms. The summed E-state index contributed by atoms with van der Waals surface area (Å²) in [6, 6.07) is 4.41. The maximum Gasteiger partial charge on any atom is 0.157 e. The van der Waals surface area contributed by atoms with E-state index in [-0.39, 0.29) is 36.9 Å². The highest BCUT2D eigenvalue weighted by Crippen LogP contribution is 2.37. The van der Waals surface area contributed by atoms with Crippen molar-refractivity contribution in [2.75, 3.05) is 13.2 Å². The Bertz CT molecular complexity index is 678. The number of hydrogen-bond acceptors (Lipinski definition) is 6. The Morgan fingerprint density at radius 1 is 1.04 bits per heavy atom. The molecule has 4 atom stereocenters. The molecule has 0 spiro atoms. The number of phenolic OH excluding ortho intramolecular Hbond substituents is 2. The minimum atomic E-state index is -0.596. The lowest BCUT2D eigenvalue weighted by Gasteiger charge is -2.40. The summed E-state index contributed by atoms with van der Waals surface area (Å²) in [7, 11) is 0.